The number of nitriles is 1. The van der Waals surface area contributed by atoms with E-state index in [2.05, 4.69) is 32.2 Å². The van der Waals surface area contributed by atoms with Gasteiger partial charge >= 0.3 is 0 Å². The molecule has 102 valence electrons. The second kappa shape index (κ2) is 5.90. The van der Waals surface area contributed by atoms with Crippen LogP contribution in [0.15, 0.2) is 54.6 Å². The molecule has 0 unspecified atom stereocenters. The van der Waals surface area contributed by atoms with Gasteiger partial charge in [-0.1, -0.05) is 46.3 Å². The Bertz CT molecular complexity index is 803. The Balaban J connectivity index is 2.20. The van der Waals surface area contributed by atoms with Crippen LogP contribution in [0.1, 0.15) is 11.4 Å². The van der Waals surface area contributed by atoms with Gasteiger partial charge in [0.05, 0.1) is 17.0 Å². The Morgan fingerprint density at radius 2 is 1.86 bits per heavy atom. The first-order valence-electron chi connectivity index (χ1n) is 6.39. The molecule has 0 amide bonds. The summed E-state index contributed by atoms with van der Waals surface area (Å²) in [6.07, 6.45) is 0. The molecule has 1 aromatic heterocycles. The highest BCUT2D eigenvalue weighted by atomic mass is 79.9. The Hall–Kier alpha value is -2.45. The Morgan fingerprint density at radius 1 is 1.05 bits per heavy atom. The van der Waals surface area contributed by atoms with Crippen molar-refractivity contribution in [2.24, 2.45) is 0 Å². The molecule has 4 nitrogen and oxygen atoms in total. The zero-order valence-electron chi connectivity index (χ0n) is 11.1. The van der Waals surface area contributed by atoms with E-state index in [0.29, 0.717) is 10.9 Å². The van der Waals surface area contributed by atoms with E-state index in [1.165, 1.54) is 0 Å². The summed E-state index contributed by atoms with van der Waals surface area (Å²) in [5.74, 6) is 1.55. The van der Waals surface area contributed by atoms with Crippen LogP contribution in [0, 0.1) is 11.3 Å². The molecule has 0 saturated carbocycles. The van der Waals surface area contributed by atoms with Crippen molar-refractivity contribution in [3.8, 4) is 23.1 Å². The third-order valence-corrected chi connectivity index (χ3v) is 3.62. The molecular weight excluding hydrogens is 328 g/mol. The van der Waals surface area contributed by atoms with Gasteiger partial charge in [0.25, 0.3) is 0 Å². The van der Waals surface area contributed by atoms with Crippen LogP contribution in [0.2, 0.25) is 0 Å². The van der Waals surface area contributed by atoms with Gasteiger partial charge in [-0.25, -0.2) is 0 Å². The van der Waals surface area contributed by atoms with E-state index in [1.807, 2.05) is 53.1 Å². The topological polar surface area (TPSA) is 54.5 Å². The summed E-state index contributed by atoms with van der Waals surface area (Å²) >= 11 is 3.44. The molecular formula is C16H11BrN4. The highest BCUT2D eigenvalue weighted by Crippen LogP contribution is 2.24. The van der Waals surface area contributed by atoms with Crippen molar-refractivity contribution in [2.45, 2.75) is 5.33 Å². The number of benzene rings is 2. The number of hydrogen-bond donors (Lipinski definition) is 0. The summed E-state index contributed by atoms with van der Waals surface area (Å²) in [4.78, 5) is 0. The zero-order valence-corrected chi connectivity index (χ0v) is 12.7. The second-order valence-electron chi connectivity index (χ2n) is 4.44. The van der Waals surface area contributed by atoms with Gasteiger partial charge in [0, 0.05) is 11.3 Å². The van der Waals surface area contributed by atoms with Crippen molar-refractivity contribution in [1.29, 1.82) is 5.26 Å². The normalized spacial score (nSPS) is 10.3. The van der Waals surface area contributed by atoms with Crippen LogP contribution in [0.5, 0.6) is 0 Å². The van der Waals surface area contributed by atoms with E-state index in [1.54, 1.807) is 6.07 Å². The largest absolute Gasteiger partial charge is 0.278 e. The molecule has 0 atom stereocenters. The fourth-order valence-corrected chi connectivity index (χ4v) is 2.53. The SMILES string of the molecule is N#Cc1cccc(-c2nnc(CBr)n2-c2ccccc2)c1. The van der Waals surface area contributed by atoms with Crippen molar-refractivity contribution in [2.75, 3.05) is 0 Å². The smallest absolute Gasteiger partial charge is 0.168 e. The number of aromatic nitrogens is 3. The predicted molar refractivity (Wildman–Crippen MR) is 84.1 cm³/mol. The second-order valence-corrected chi connectivity index (χ2v) is 5.00. The first-order valence-corrected chi connectivity index (χ1v) is 7.52. The number of rotatable bonds is 3. The van der Waals surface area contributed by atoms with E-state index in [-0.39, 0.29) is 0 Å². The van der Waals surface area contributed by atoms with Crippen molar-refractivity contribution in [3.63, 3.8) is 0 Å². The van der Waals surface area contributed by atoms with Crippen LogP contribution < -0.4 is 0 Å². The maximum atomic E-state index is 9.05. The third-order valence-electron chi connectivity index (χ3n) is 3.11. The zero-order chi connectivity index (χ0) is 14.7. The van der Waals surface area contributed by atoms with Gasteiger partial charge in [-0.2, -0.15) is 5.26 Å². The van der Waals surface area contributed by atoms with E-state index in [0.717, 1.165) is 22.9 Å². The molecule has 0 radical (unpaired) electrons. The maximum absolute atomic E-state index is 9.05. The van der Waals surface area contributed by atoms with E-state index >= 15 is 0 Å². The molecule has 0 fully saturated rings. The third kappa shape index (κ3) is 2.58. The molecule has 0 saturated heterocycles. The van der Waals surface area contributed by atoms with Crippen LogP contribution >= 0.6 is 15.9 Å². The molecule has 5 heteroatoms. The molecule has 21 heavy (non-hydrogen) atoms. The van der Waals surface area contributed by atoms with Crippen LogP contribution in [0.3, 0.4) is 0 Å². The molecule has 1 heterocycles. The molecule has 0 aliphatic heterocycles. The predicted octanol–water partition coefficient (Wildman–Crippen LogP) is 3.70. The maximum Gasteiger partial charge on any atom is 0.168 e. The fraction of sp³-hybridized carbons (Fsp3) is 0.0625. The summed E-state index contributed by atoms with van der Waals surface area (Å²) in [5, 5.41) is 18.2. The number of alkyl halides is 1. The lowest BCUT2D eigenvalue weighted by Gasteiger charge is -2.09. The molecule has 0 N–H and O–H groups in total. The minimum atomic E-state index is 0.604. The van der Waals surface area contributed by atoms with Crippen LogP contribution in [-0.4, -0.2) is 14.8 Å². The molecule has 3 rings (SSSR count). The van der Waals surface area contributed by atoms with Crippen molar-refractivity contribution in [1.82, 2.24) is 14.8 Å². The van der Waals surface area contributed by atoms with Crippen LogP contribution in [0.4, 0.5) is 0 Å². The van der Waals surface area contributed by atoms with Crippen LogP contribution in [0.25, 0.3) is 17.1 Å². The van der Waals surface area contributed by atoms with E-state index in [4.69, 9.17) is 5.26 Å². The summed E-state index contributed by atoms with van der Waals surface area (Å²) in [6.45, 7) is 0. The molecule has 0 aliphatic carbocycles. The fourth-order valence-electron chi connectivity index (χ4n) is 2.17. The standard InChI is InChI=1S/C16H11BrN4/c17-10-15-19-20-16(13-6-4-5-12(9-13)11-18)21(15)14-7-2-1-3-8-14/h1-9H,10H2. The van der Waals surface area contributed by atoms with E-state index in [9.17, 15) is 0 Å². The van der Waals surface area contributed by atoms with Gasteiger partial charge < -0.3 is 0 Å². The quantitative estimate of drug-likeness (QED) is 0.684. The average Bonchev–Trinajstić information content (AvgIpc) is 2.99. The first kappa shape index (κ1) is 13.5. The molecule has 2 aromatic carbocycles. The number of nitrogens with zero attached hydrogens (tertiary/aromatic N) is 4. The Kier molecular flexibility index (Phi) is 3.80. The first-order chi connectivity index (χ1) is 10.3. The number of para-hydroxylation sites is 1. The summed E-state index contributed by atoms with van der Waals surface area (Å²) in [6, 6.07) is 19.5. The van der Waals surface area contributed by atoms with Gasteiger partial charge in [0.2, 0.25) is 0 Å². The average molecular weight is 339 g/mol. The Morgan fingerprint density at radius 3 is 2.57 bits per heavy atom. The van der Waals surface area contributed by atoms with Crippen LogP contribution in [-0.2, 0) is 5.33 Å². The molecule has 0 aliphatic rings. The lowest BCUT2D eigenvalue weighted by molar-refractivity contribution is 0.962. The van der Waals surface area contributed by atoms with Crippen molar-refractivity contribution < 1.29 is 0 Å². The van der Waals surface area contributed by atoms with Crippen molar-refractivity contribution in [3.05, 3.63) is 66.0 Å². The summed E-state index contributed by atoms with van der Waals surface area (Å²) < 4.78 is 1.99. The highest BCUT2D eigenvalue weighted by Gasteiger charge is 2.14. The molecule has 0 spiro atoms. The summed E-state index contributed by atoms with van der Waals surface area (Å²) in [7, 11) is 0. The van der Waals surface area contributed by atoms with Gasteiger partial charge in [0.1, 0.15) is 5.82 Å². The van der Waals surface area contributed by atoms with Gasteiger partial charge in [-0.3, -0.25) is 4.57 Å². The molecule has 3 aromatic rings. The minimum absolute atomic E-state index is 0.604. The van der Waals surface area contributed by atoms with E-state index < -0.39 is 0 Å². The molecule has 0 bridgehead atoms. The summed E-state index contributed by atoms with van der Waals surface area (Å²) in [5.41, 5.74) is 2.47. The lowest BCUT2D eigenvalue weighted by atomic mass is 10.1. The highest BCUT2D eigenvalue weighted by molar-refractivity contribution is 9.08. The monoisotopic (exact) mass is 338 g/mol. The van der Waals surface area contributed by atoms with Gasteiger partial charge in [-0.05, 0) is 24.3 Å². The number of halogens is 1. The number of hydrogen-bond acceptors (Lipinski definition) is 3. The minimum Gasteiger partial charge on any atom is -0.278 e. The van der Waals surface area contributed by atoms with Crippen molar-refractivity contribution >= 4 is 15.9 Å². The van der Waals surface area contributed by atoms with Gasteiger partial charge in [-0.15, -0.1) is 10.2 Å². The Labute approximate surface area is 130 Å². The van der Waals surface area contributed by atoms with Gasteiger partial charge in [0.15, 0.2) is 5.82 Å². The lowest BCUT2D eigenvalue weighted by Crippen LogP contribution is -2.01.